The summed E-state index contributed by atoms with van der Waals surface area (Å²) in [5.74, 6) is -0.184. The second-order valence-corrected chi connectivity index (χ2v) is 11.3. The number of H-pyrrole nitrogens is 1. The molecule has 1 amide bonds. The molecule has 3 aromatic carbocycles. The van der Waals surface area contributed by atoms with Gasteiger partial charge in [0.25, 0.3) is 5.91 Å². The summed E-state index contributed by atoms with van der Waals surface area (Å²) in [5, 5.41) is 19.8. The Hall–Kier alpha value is -4.03. The first-order chi connectivity index (χ1) is 20.9. The normalized spacial score (nSPS) is 19.0. The highest BCUT2D eigenvalue weighted by Gasteiger charge is 2.32. The Labute approximate surface area is 254 Å². The van der Waals surface area contributed by atoms with Crippen molar-refractivity contribution in [3.8, 4) is 11.1 Å². The Morgan fingerprint density at radius 1 is 1.05 bits per heavy atom. The van der Waals surface area contributed by atoms with E-state index in [9.17, 15) is 14.7 Å². The number of carbonyl (C=O) groups excluding carboxylic acids is 2. The van der Waals surface area contributed by atoms with Crippen molar-refractivity contribution in [1.82, 2.24) is 20.5 Å². The van der Waals surface area contributed by atoms with Gasteiger partial charge in [-0.1, -0.05) is 72.4 Å². The molecule has 4 atom stereocenters. The summed E-state index contributed by atoms with van der Waals surface area (Å²) in [5.41, 5.74) is 5.62. The maximum Gasteiger partial charge on any atom is 0.303 e. The van der Waals surface area contributed by atoms with E-state index in [-0.39, 0.29) is 24.7 Å². The van der Waals surface area contributed by atoms with Gasteiger partial charge in [0.1, 0.15) is 6.33 Å². The van der Waals surface area contributed by atoms with Gasteiger partial charge < -0.3 is 24.6 Å². The van der Waals surface area contributed by atoms with Crippen LogP contribution in [0.2, 0.25) is 0 Å². The van der Waals surface area contributed by atoms with E-state index in [0.29, 0.717) is 18.7 Å². The first-order valence-corrected chi connectivity index (χ1v) is 15.0. The molecule has 0 aliphatic carbocycles. The molecule has 0 bridgehead atoms. The Kier molecular flexibility index (Phi) is 10.2. The molecule has 0 spiro atoms. The number of esters is 1. The fourth-order valence-corrected chi connectivity index (χ4v) is 5.62. The maximum absolute atomic E-state index is 12.3. The van der Waals surface area contributed by atoms with Gasteiger partial charge in [-0.2, -0.15) is 5.10 Å². The molecule has 0 unspecified atom stereocenters. The third-order valence-corrected chi connectivity index (χ3v) is 8.02. The number of benzene rings is 3. The van der Waals surface area contributed by atoms with Crippen LogP contribution in [0.25, 0.3) is 11.1 Å². The van der Waals surface area contributed by atoms with Crippen molar-refractivity contribution in [2.45, 2.75) is 63.2 Å². The molecule has 10 nitrogen and oxygen atoms in total. The second-order valence-electron chi connectivity index (χ2n) is 10.2. The van der Waals surface area contributed by atoms with Gasteiger partial charge in [0.2, 0.25) is 0 Å². The Balaban J connectivity index is 1.32. The topological polar surface area (TPSA) is 136 Å². The minimum absolute atomic E-state index is 0.0121. The number of nitrogens with zero attached hydrogens (tertiary/aromatic N) is 2. The predicted octanol–water partition coefficient (Wildman–Crippen LogP) is 4.87. The molecular weight excluding hydrogens is 568 g/mol. The summed E-state index contributed by atoms with van der Waals surface area (Å²) in [6.45, 7) is 3.11. The number of rotatable bonds is 11. The summed E-state index contributed by atoms with van der Waals surface area (Å²) in [4.78, 5) is 27.7. The van der Waals surface area contributed by atoms with Crippen LogP contribution in [-0.2, 0) is 37.0 Å². The molecule has 2 heterocycles. The number of nitrogens with one attached hydrogen (secondary N) is 2. The highest BCUT2D eigenvalue weighted by molar-refractivity contribution is 7.99. The molecule has 1 saturated heterocycles. The van der Waals surface area contributed by atoms with Gasteiger partial charge in [-0.3, -0.25) is 14.7 Å². The number of hydrogen-bond donors (Lipinski definition) is 3. The number of aromatic amines is 1. The lowest BCUT2D eigenvalue weighted by molar-refractivity contribution is -0.245. The molecule has 224 valence electrons. The number of carbonyl (C=O) groups is 2. The smallest absolute Gasteiger partial charge is 0.303 e. The van der Waals surface area contributed by atoms with E-state index in [1.54, 1.807) is 18.7 Å². The van der Waals surface area contributed by atoms with E-state index in [1.807, 2.05) is 66.7 Å². The third-order valence-electron chi connectivity index (χ3n) is 7.01. The molecule has 3 N–H and O–H groups in total. The minimum atomic E-state index is -0.859. The summed E-state index contributed by atoms with van der Waals surface area (Å²) in [6.07, 6.45) is 0.390. The minimum Gasteiger partial charge on any atom is -0.453 e. The zero-order valence-electron chi connectivity index (χ0n) is 23.9. The summed E-state index contributed by atoms with van der Waals surface area (Å²) in [7, 11) is 0. The van der Waals surface area contributed by atoms with Crippen LogP contribution in [-0.4, -0.2) is 50.1 Å². The number of aliphatic hydroxyl groups is 1. The average Bonchev–Trinajstić information content (AvgIpc) is 3.56. The third kappa shape index (κ3) is 8.29. The molecule has 1 aliphatic rings. The lowest BCUT2D eigenvalue weighted by Crippen LogP contribution is -2.35. The van der Waals surface area contributed by atoms with Gasteiger partial charge in [0.05, 0.1) is 18.8 Å². The molecule has 43 heavy (non-hydrogen) atoms. The van der Waals surface area contributed by atoms with E-state index in [0.717, 1.165) is 38.5 Å². The second kappa shape index (κ2) is 14.4. The van der Waals surface area contributed by atoms with E-state index in [4.69, 9.17) is 14.2 Å². The van der Waals surface area contributed by atoms with Crippen molar-refractivity contribution in [3.63, 3.8) is 0 Å². The van der Waals surface area contributed by atoms with Crippen LogP contribution < -0.4 is 5.32 Å². The lowest BCUT2D eigenvalue weighted by atomic mass is 9.99. The molecule has 1 fully saturated rings. The standard InChI is InChI=1S/C32H34N4O6S/c1-20(40-21(2)38)30(39)33-16-23-5-3-6-25(13-23)26-7-4-8-27(14-26)31-41-28(18-43-32-34-19-35-36-32)15-29(42-31)24-11-9-22(17-37)10-12-24/h3-14,19-20,28-29,31,37H,15-18H2,1-2H3,(H,33,39)(H,34,35,36)/t20-,28-,29+,31+/m0/s1. The number of thioether (sulfide) groups is 1. The number of ether oxygens (including phenoxy) is 3. The average molecular weight is 603 g/mol. The van der Waals surface area contributed by atoms with E-state index < -0.39 is 18.4 Å². The predicted molar refractivity (Wildman–Crippen MR) is 160 cm³/mol. The summed E-state index contributed by atoms with van der Waals surface area (Å²) < 4.78 is 17.9. The molecule has 4 aromatic rings. The van der Waals surface area contributed by atoms with Crippen LogP contribution in [0.1, 0.15) is 54.9 Å². The Bertz CT molecular complexity index is 1510. The molecule has 1 aliphatic heterocycles. The molecule has 0 saturated carbocycles. The van der Waals surface area contributed by atoms with E-state index in [1.165, 1.54) is 13.3 Å². The monoisotopic (exact) mass is 602 g/mol. The fourth-order valence-electron chi connectivity index (χ4n) is 4.82. The maximum atomic E-state index is 12.3. The largest absolute Gasteiger partial charge is 0.453 e. The number of amides is 1. The highest BCUT2D eigenvalue weighted by Crippen LogP contribution is 2.40. The Morgan fingerprint density at radius 3 is 2.53 bits per heavy atom. The van der Waals surface area contributed by atoms with Crippen LogP contribution >= 0.6 is 11.8 Å². The highest BCUT2D eigenvalue weighted by atomic mass is 32.2. The van der Waals surface area contributed by atoms with Gasteiger partial charge >= 0.3 is 5.97 Å². The van der Waals surface area contributed by atoms with Gasteiger partial charge in [-0.25, -0.2) is 4.98 Å². The molecule has 5 rings (SSSR count). The quantitative estimate of drug-likeness (QED) is 0.162. The van der Waals surface area contributed by atoms with Crippen LogP contribution in [0, 0.1) is 0 Å². The van der Waals surface area contributed by atoms with Crippen LogP contribution in [0.15, 0.2) is 84.3 Å². The van der Waals surface area contributed by atoms with Gasteiger partial charge in [-0.05, 0) is 46.9 Å². The zero-order chi connectivity index (χ0) is 30.2. The van der Waals surface area contributed by atoms with Crippen molar-refractivity contribution in [1.29, 1.82) is 0 Å². The fraction of sp³-hybridized carbons (Fsp3) is 0.312. The molecule has 1 aromatic heterocycles. The van der Waals surface area contributed by atoms with Gasteiger partial charge in [0.15, 0.2) is 17.6 Å². The van der Waals surface area contributed by atoms with Gasteiger partial charge in [-0.15, -0.1) is 0 Å². The summed E-state index contributed by atoms with van der Waals surface area (Å²) >= 11 is 1.55. The number of aromatic nitrogens is 3. The first-order valence-electron chi connectivity index (χ1n) is 14.0. The van der Waals surface area contributed by atoms with Crippen molar-refractivity contribution in [3.05, 3.63) is 101 Å². The van der Waals surface area contributed by atoms with Crippen molar-refractivity contribution in [2.24, 2.45) is 0 Å². The molecule has 0 radical (unpaired) electrons. The molecular formula is C32H34N4O6S. The first kappa shape index (κ1) is 30.4. The van der Waals surface area contributed by atoms with Crippen LogP contribution in [0.5, 0.6) is 0 Å². The van der Waals surface area contributed by atoms with Crippen molar-refractivity contribution >= 4 is 23.6 Å². The molecule has 11 heteroatoms. The van der Waals surface area contributed by atoms with Crippen LogP contribution in [0.4, 0.5) is 0 Å². The van der Waals surface area contributed by atoms with E-state index >= 15 is 0 Å². The number of hydrogen-bond acceptors (Lipinski definition) is 9. The zero-order valence-corrected chi connectivity index (χ0v) is 24.8. The van der Waals surface area contributed by atoms with E-state index in [2.05, 4.69) is 26.6 Å². The number of aliphatic hydroxyl groups excluding tert-OH is 1. The lowest BCUT2D eigenvalue weighted by Gasteiger charge is -2.36. The SMILES string of the molecule is CC(=O)O[C@@H](C)C(=O)NCc1cccc(-c2cccc([C@@H]3O[C@H](CSc4ncn[nH]4)C[C@H](c4ccc(CO)cc4)O3)c2)c1. The Morgan fingerprint density at radius 2 is 1.81 bits per heavy atom. The van der Waals surface area contributed by atoms with Crippen LogP contribution in [0.3, 0.4) is 0 Å². The summed E-state index contributed by atoms with van der Waals surface area (Å²) in [6, 6.07) is 23.8. The van der Waals surface area contributed by atoms with Crippen molar-refractivity contribution in [2.75, 3.05) is 5.75 Å². The van der Waals surface area contributed by atoms with Gasteiger partial charge in [0, 0.05) is 31.2 Å². The van der Waals surface area contributed by atoms with Crippen molar-refractivity contribution < 1.29 is 28.9 Å².